The summed E-state index contributed by atoms with van der Waals surface area (Å²) in [6.07, 6.45) is 6.31. The maximum Gasteiger partial charge on any atom is 0.242 e. The molecule has 19 heavy (non-hydrogen) atoms. The third-order valence-electron chi connectivity index (χ3n) is 3.00. The second kappa shape index (κ2) is 5.43. The molecular weight excluding hydrogens is 262 g/mol. The molecule has 0 aromatic heterocycles. The molecule has 0 saturated heterocycles. The van der Waals surface area contributed by atoms with Gasteiger partial charge in [-0.1, -0.05) is 12.2 Å². The van der Waals surface area contributed by atoms with E-state index in [1.165, 1.54) is 18.2 Å². The normalized spacial score (nSPS) is 19.0. The van der Waals surface area contributed by atoms with Crippen molar-refractivity contribution in [2.75, 3.05) is 5.73 Å². The number of rotatable bonds is 3. The third-order valence-corrected chi connectivity index (χ3v) is 4.58. The number of nitriles is 1. The first kappa shape index (κ1) is 13.6. The van der Waals surface area contributed by atoms with Crippen molar-refractivity contribution in [3.05, 3.63) is 35.9 Å². The first-order valence-electron chi connectivity index (χ1n) is 6.00. The van der Waals surface area contributed by atoms with E-state index in [9.17, 15) is 8.42 Å². The molecule has 100 valence electrons. The first-order valence-corrected chi connectivity index (χ1v) is 7.48. The minimum Gasteiger partial charge on any atom is -0.399 e. The summed E-state index contributed by atoms with van der Waals surface area (Å²) in [5.74, 6) is 0. The Morgan fingerprint density at radius 3 is 2.79 bits per heavy atom. The molecule has 0 aliphatic heterocycles. The Bertz CT molecular complexity index is 644. The van der Waals surface area contributed by atoms with Gasteiger partial charge in [-0.15, -0.1) is 0 Å². The fraction of sp³-hybridized carbons (Fsp3) is 0.308. The lowest BCUT2D eigenvalue weighted by atomic mass is 10.0. The highest BCUT2D eigenvalue weighted by Gasteiger charge is 2.23. The number of hydrogen-bond acceptors (Lipinski definition) is 4. The van der Waals surface area contributed by atoms with Gasteiger partial charge in [-0.25, -0.2) is 13.1 Å². The molecule has 6 heteroatoms. The first-order chi connectivity index (χ1) is 9.03. The Balaban J connectivity index is 2.29. The molecule has 3 N–H and O–H groups in total. The predicted molar refractivity (Wildman–Crippen MR) is 72.7 cm³/mol. The molecule has 1 aromatic rings. The van der Waals surface area contributed by atoms with Crippen molar-refractivity contribution in [1.29, 1.82) is 5.26 Å². The SMILES string of the molecule is N#Cc1cc(N)ccc1S(=O)(=O)NC1CC=CCC1. The Hall–Kier alpha value is -1.84. The lowest BCUT2D eigenvalue weighted by Crippen LogP contribution is -2.35. The summed E-state index contributed by atoms with van der Waals surface area (Å²) in [5, 5.41) is 9.00. The van der Waals surface area contributed by atoms with E-state index < -0.39 is 10.0 Å². The number of hydrogen-bond donors (Lipinski definition) is 2. The van der Waals surface area contributed by atoms with E-state index in [1.54, 1.807) is 0 Å². The van der Waals surface area contributed by atoms with E-state index >= 15 is 0 Å². The topological polar surface area (TPSA) is 96.0 Å². The van der Waals surface area contributed by atoms with Crippen LogP contribution in [0, 0.1) is 11.3 Å². The van der Waals surface area contributed by atoms with E-state index in [0.717, 1.165) is 12.8 Å². The Morgan fingerprint density at radius 2 is 2.16 bits per heavy atom. The number of anilines is 1. The van der Waals surface area contributed by atoms with Crippen LogP contribution < -0.4 is 10.5 Å². The van der Waals surface area contributed by atoms with Crippen LogP contribution in [0.4, 0.5) is 5.69 Å². The summed E-state index contributed by atoms with van der Waals surface area (Å²) >= 11 is 0. The fourth-order valence-corrected chi connectivity index (χ4v) is 3.47. The molecule has 1 atom stereocenters. The zero-order chi connectivity index (χ0) is 13.9. The van der Waals surface area contributed by atoms with Crippen molar-refractivity contribution in [3.8, 4) is 6.07 Å². The van der Waals surface area contributed by atoms with Crippen LogP contribution in [0.5, 0.6) is 0 Å². The van der Waals surface area contributed by atoms with Crippen molar-refractivity contribution in [1.82, 2.24) is 4.72 Å². The Morgan fingerprint density at radius 1 is 1.37 bits per heavy atom. The molecule has 0 amide bonds. The van der Waals surface area contributed by atoms with Crippen LogP contribution in [-0.4, -0.2) is 14.5 Å². The molecule has 1 aliphatic carbocycles. The minimum absolute atomic E-state index is 0.0150. The van der Waals surface area contributed by atoms with E-state index in [-0.39, 0.29) is 16.5 Å². The van der Waals surface area contributed by atoms with Gasteiger partial charge in [-0.3, -0.25) is 0 Å². The van der Waals surface area contributed by atoms with Crippen LogP contribution in [0.25, 0.3) is 0 Å². The Labute approximate surface area is 112 Å². The molecule has 0 bridgehead atoms. The molecule has 1 aromatic carbocycles. The lowest BCUT2D eigenvalue weighted by molar-refractivity contribution is 0.522. The number of nitrogens with two attached hydrogens (primary N) is 1. The molecule has 0 saturated carbocycles. The summed E-state index contributed by atoms with van der Waals surface area (Å²) in [6.45, 7) is 0. The molecule has 0 heterocycles. The summed E-state index contributed by atoms with van der Waals surface area (Å²) in [7, 11) is -3.68. The number of nitrogens with zero attached hydrogens (tertiary/aromatic N) is 1. The van der Waals surface area contributed by atoms with E-state index in [2.05, 4.69) is 4.72 Å². The average Bonchev–Trinajstić information content (AvgIpc) is 2.38. The molecule has 2 rings (SSSR count). The second-order valence-corrected chi connectivity index (χ2v) is 6.15. The molecule has 0 spiro atoms. The largest absolute Gasteiger partial charge is 0.399 e. The van der Waals surface area contributed by atoms with Crippen molar-refractivity contribution in [2.24, 2.45) is 0 Å². The minimum atomic E-state index is -3.68. The van der Waals surface area contributed by atoms with Gasteiger partial charge in [0.15, 0.2) is 0 Å². The fourth-order valence-electron chi connectivity index (χ4n) is 2.05. The van der Waals surface area contributed by atoms with Gasteiger partial charge in [0, 0.05) is 11.7 Å². The highest BCUT2D eigenvalue weighted by Crippen LogP contribution is 2.20. The van der Waals surface area contributed by atoms with E-state index in [0.29, 0.717) is 12.1 Å². The molecule has 5 nitrogen and oxygen atoms in total. The zero-order valence-corrected chi connectivity index (χ0v) is 11.2. The Kier molecular flexibility index (Phi) is 3.88. The lowest BCUT2D eigenvalue weighted by Gasteiger charge is -2.19. The average molecular weight is 277 g/mol. The zero-order valence-electron chi connectivity index (χ0n) is 10.3. The summed E-state index contributed by atoms with van der Waals surface area (Å²) in [6, 6.07) is 5.98. The quantitative estimate of drug-likeness (QED) is 0.647. The molecule has 0 fully saturated rings. The van der Waals surface area contributed by atoms with Crippen LogP contribution in [0.3, 0.4) is 0 Å². The highest BCUT2D eigenvalue weighted by molar-refractivity contribution is 7.89. The van der Waals surface area contributed by atoms with Crippen LogP contribution >= 0.6 is 0 Å². The van der Waals surface area contributed by atoms with Gasteiger partial charge in [0.1, 0.15) is 6.07 Å². The predicted octanol–water partition coefficient (Wildman–Crippen LogP) is 1.53. The van der Waals surface area contributed by atoms with Crippen molar-refractivity contribution in [3.63, 3.8) is 0 Å². The van der Waals surface area contributed by atoms with Gasteiger partial charge in [0.25, 0.3) is 0 Å². The van der Waals surface area contributed by atoms with Gasteiger partial charge in [0.05, 0.1) is 10.5 Å². The monoisotopic (exact) mass is 277 g/mol. The molecular formula is C13H15N3O2S. The second-order valence-electron chi connectivity index (χ2n) is 4.47. The summed E-state index contributed by atoms with van der Waals surface area (Å²) in [4.78, 5) is -0.0150. The van der Waals surface area contributed by atoms with Crippen LogP contribution in [0.1, 0.15) is 24.8 Å². The van der Waals surface area contributed by atoms with Crippen molar-refractivity contribution < 1.29 is 8.42 Å². The molecule has 0 radical (unpaired) electrons. The van der Waals surface area contributed by atoms with Crippen LogP contribution in [0.15, 0.2) is 35.2 Å². The van der Waals surface area contributed by atoms with Crippen LogP contribution in [0.2, 0.25) is 0 Å². The van der Waals surface area contributed by atoms with Gasteiger partial charge >= 0.3 is 0 Å². The summed E-state index contributed by atoms with van der Waals surface area (Å²) < 4.78 is 27.2. The maximum atomic E-state index is 12.3. The highest BCUT2D eigenvalue weighted by atomic mass is 32.2. The van der Waals surface area contributed by atoms with Gasteiger partial charge < -0.3 is 5.73 Å². The number of sulfonamides is 1. The standard InChI is InChI=1S/C13H15N3O2S/c14-9-10-8-11(15)6-7-13(10)19(17,18)16-12-4-2-1-3-5-12/h1-2,6-8,12,16H,3-5,15H2. The number of nitrogen functional groups attached to an aromatic ring is 1. The van der Waals surface area contributed by atoms with E-state index in [1.807, 2.05) is 18.2 Å². The van der Waals surface area contributed by atoms with Crippen LogP contribution in [-0.2, 0) is 10.0 Å². The number of allylic oxidation sites excluding steroid dienone is 1. The van der Waals surface area contributed by atoms with Gasteiger partial charge in [0.2, 0.25) is 10.0 Å². The van der Waals surface area contributed by atoms with Crippen molar-refractivity contribution in [2.45, 2.75) is 30.2 Å². The number of benzene rings is 1. The molecule has 1 aliphatic rings. The maximum absolute atomic E-state index is 12.3. The summed E-state index contributed by atoms with van der Waals surface area (Å²) in [5.41, 5.74) is 5.99. The molecule has 1 unspecified atom stereocenters. The third kappa shape index (κ3) is 3.13. The van der Waals surface area contributed by atoms with Gasteiger partial charge in [-0.05, 0) is 37.5 Å². The number of nitrogens with one attached hydrogen (secondary N) is 1. The van der Waals surface area contributed by atoms with Crippen molar-refractivity contribution >= 4 is 15.7 Å². The van der Waals surface area contributed by atoms with Gasteiger partial charge in [-0.2, -0.15) is 5.26 Å². The van der Waals surface area contributed by atoms with E-state index in [4.69, 9.17) is 11.0 Å². The smallest absolute Gasteiger partial charge is 0.242 e.